The van der Waals surface area contributed by atoms with Gasteiger partial charge in [-0.2, -0.15) is 0 Å². The number of carbonyl (C=O) groups excluding carboxylic acids is 2. The van der Waals surface area contributed by atoms with Crippen molar-refractivity contribution in [1.82, 2.24) is 10.2 Å². The normalized spacial score (nSPS) is 16.4. The van der Waals surface area contributed by atoms with Gasteiger partial charge in [-0.05, 0) is 35.4 Å². The third-order valence-electron chi connectivity index (χ3n) is 5.93. The highest BCUT2D eigenvalue weighted by Gasteiger charge is 2.48. The first-order valence-electron chi connectivity index (χ1n) is 11.9. The SMILES string of the molecule is C=CCOc1ccc(C2/C(=C(/O)c3ccc(Br)cc3)C(=O)C(=O)N2c2nnc(SCc3ccccc3)s2)cc1. The van der Waals surface area contributed by atoms with Crippen molar-refractivity contribution < 1.29 is 19.4 Å². The van der Waals surface area contributed by atoms with Crippen LogP contribution in [0, 0.1) is 0 Å². The summed E-state index contributed by atoms with van der Waals surface area (Å²) in [6, 6.07) is 23.0. The first kappa shape index (κ1) is 26.9. The van der Waals surface area contributed by atoms with Crippen molar-refractivity contribution in [3.63, 3.8) is 0 Å². The Kier molecular flexibility index (Phi) is 8.25. The second-order valence-corrected chi connectivity index (χ2v) is 11.6. The van der Waals surface area contributed by atoms with E-state index in [1.807, 2.05) is 30.3 Å². The number of ether oxygens (including phenoxy) is 1. The van der Waals surface area contributed by atoms with Crippen LogP contribution in [0.5, 0.6) is 5.75 Å². The van der Waals surface area contributed by atoms with Gasteiger partial charge in [0.2, 0.25) is 5.13 Å². The number of benzene rings is 3. The summed E-state index contributed by atoms with van der Waals surface area (Å²) < 4.78 is 7.08. The van der Waals surface area contributed by atoms with E-state index in [1.165, 1.54) is 28.0 Å². The number of hydrogen-bond donors (Lipinski definition) is 1. The number of Topliss-reactive ketones (excluding diaryl/α,β-unsaturated/α-hetero) is 1. The lowest BCUT2D eigenvalue weighted by molar-refractivity contribution is -0.132. The molecule has 0 radical (unpaired) electrons. The molecule has 1 N–H and O–H groups in total. The molecule has 4 aromatic rings. The fourth-order valence-corrected chi connectivity index (χ4v) is 6.18. The monoisotopic (exact) mass is 619 g/mol. The van der Waals surface area contributed by atoms with Crippen molar-refractivity contribution in [1.29, 1.82) is 0 Å². The van der Waals surface area contributed by atoms with E-state index in [1.54, 1.807) is 54.6 Å². The van der Waals surface area contributed by atoms with Crippen LogP contribution < -0.4 is 9.64 Å². The predicted molar refractivity (Wildman–Crippen MR) is 157 cm³/mol. The lowest BCUT2D eigenvalue weighted by Crippen LogP contribution is -2.29. The van der Waals surface area contributed by atoms with E-state index < -0.39 is 17.7 Å². The number of amides is 1. The number of nitrogens with zero attached hydrogens (tertiary/aromatic N) is 3. The Morgan fingerprint density at radius 2 is 1.77 bits per heavy atom. The van der Waals surface area contributed by atoms with Crippen LogP contribution in [-0.4, -0.2) is 33.6 Å². The van der Waals surface area contributed by atoms with Crippen molar-refractivity contribution >= 4 is 61.6 Å². The number of halogens is 1. The number of aliphatic hydroxyl groups is 1. The second kappa shape index (κ2) is 12.0. The molecule has 196 valence electrons. The van der Waals surface area contributed by atoms with Gasteiger partial charge in [-0.15, -0.1) is 10.2 Å². The maximum absolute atomic E-state index is 13.4. The molecule has 2 heterocycles. The topological polar surface area (TPSA) is 92.6 Å². The van der Waals surface area contributed by atoms with E-state index in [4.69, 9.17) is 4.74 Å². The summed E-state index contributed by atoms with van der Waals surface area (Å²) >= 11 is 6.11. The Bertz CT molecular complexity index is 1540. The van der Waals surface area contributed by atoms with Gasteiger partial charge in [-0.25, -0.2) is 0 Å². The van der Waals surface area contributed by atoms with Crippen molar-refractivity contribution in [3.8, 4) is 5.75 Å². The zero-order valence-electron chi connectivity index (χ0n) is 20.5. The average Bonchev–Trinajstić information content (AvgIpc) is 3.53. The molecule has 5 rings (SSSR count). The Hall–Kier alpha value is -3.73. The third kappa shape index (κ3) is 5.83. The van der Waals surface area contributed by atoms with Crippen molar-refractivity contribution in [2.75, 3.05) is 11.5 Å². The summed E-state index contributed by atoms with van der Waals surface area (Å²) in [5.74, 6) is -0.530. The minimum Gasteiger partial charge on any atom is -0.507 e. The molecule has 1 aromatic heterocycles. The number of aliphatic hydroxyl groups excluding tert-OH is 1. The maximum Gasteiger partial charge on any atom is 0.301 e. The summed E-state index contributed by atoms with van der Waals surface area (Å²) in [4.78, 5) is 28.1. The molecule has 0 bridgehead atoms. The number of aromatic nitrogens is 2. The smallest absolute Gasteiger partial charge is 0.301 e. The predicted octanol–water partition coefficient (Wildman–Crippen LogP) is 6.78. The van der Waals surface area contributed by atoms with Gasteiger partial charge in [-0.1, -0.05) is 106 Å². The molecule has 1 atom stereocenters. The quantitative estimate of drug-likeness (QED) is 0.0551. The average molecular weight is 621 g/mol. The second-order valence-electron chi connectivity index (χ2n) is 8.47. The molecule has 1 aliphatic heterocycles. The van der Waals surface area contributed by atoms with Crippen LogP contribution in [0.25, 0.3) is 5.76 Å². The fourth-order valence-electron chi connectivity index (χ4n) is 4.09. The zero-order chi connectivity index (χ0) is 27.4. The molecule has 0 aliphatic carbocycles. The van der Waals surface area contributed by atoms with E-state index in [2.05, 4.69) is 32.7 Å². The molecular formula is C29H22BrN3O4S2. The fraction of sp³-hybridized carbons (Fsp3) is 0.103. The summed E-state index contributed by atoms with van der Waals surface area (Å²) in [7, 11) is 0. The molecule has 0 spiro atoms. The summed E-state index contributed by atoms with van der Waals surface area (Å²) in [5, 5.41) is 20.1. The first-order chi connectivity index (χ1) is 19.0. The van der Waals surface area contributed by atoms with E-state index in [0.717, 1.165) is 10.0 Å². The standard InChI is InChI=1S/C29H22BrN3O4S2/c1-2-16-37-22-14-10-19(11-15-22)24-23(25(34)20-8-12-21(30)13-9-20)26(35)27(36)33(24)28-31-32-29(39-28)38-17-18-6-4-3-5-7-18/h2-15,24,34H,1,16-17H2/b25-23-. The van der Waals surface area contributed by atoms with Crippen LogP contribution in [0.15, 0.2) is 106 Å². The molecule has 1 saturated heterocycles. The van der Waals surface area contributed by atoms with Gasteiger partial charge in [0, 0.05) is 15.8 Å². The molecule has 1 fully saturated rings. The summed E-state index contributed by atoms with van der Waals surface area (Å²) in [6.07, 6.45) is 1.64. The van der Waals surface area contributed by atoms with Gasteiger partial charge in [0.15, 0.2) is 4.34 Å². The number of hydrogen-bond acceptors (Lipinski definition) is 8. The zero-order valence-corrected chi connectivity index (χ0v) is 23.7. The number of rotatable bonds is 9. The Morgan fingerprint density at radius 1 is 1.05 bits per heavy atom. The van der Waals surface area contributed by atoms with Crippen LogP contribution in [0.2, 0.25) is 0 Å². The Morgan fingerprint density at radius 3 is 2.46 bits per heavy atom. The lowest BCUT2D eigenvalue weighted by atomic mass is 9.95. The molecule has 7 nitrogen and oxygen atoms in total. The van der Waals surface area contributed by atoms with Crippen molar-refractivity contribution in [3.05, 3.63) is 118 Å². The van der Waals surface area contributed by atoms with Gasteiger partial charge in [0.1, 0.15) is 18.1 Å². The minimum atomic E-state index is -0.901. The molecular weight excluding hydrogens is 598 g/mol. The molecule has 39 heavy (non-hydrogen) atoms. The Labute approximate surface area is 242 Å². The number of carbonyl (C=O) groups is 2. The van der Waals surface area contributed by atoms with Crippen molar-refractivity contribution in [2.45, 2.75) is 16.1 Å². The van der Waals surface area contributed by atoms with E-state index >= 15 is 0 Å². The van der Waals surface area contributed by atoms with Gasteiger partial charge >= 0.3 is 5.91 Å². The molecule has 1 unspecified atom stereocenters. The van der Waals surface area contributed by atoms with Crippen LogP contribution in [0.3, 0.4) is 0 Å². The molecule has 1 amide bonds. The summed E-state index contributed by atoms with van der Waals surface area (Å²) in [5.41, 5.74) is 2.15. The first-order valence-corrected chi connectivity index (χ1v) is 14.5. The van der Waals surface area contributed by atoms with Gasteiger partial charge in [0.05, 0.1) is 11.6 Å². The highest BCUT2D eigenvalue weighted by Crippen LogP contribution is 2.44. The molecule has 10 heteroatoms. The van der Waals surface area contributed by atoms with Crippen molar-refractivity contribution in [2.24, 2.45) is 0 Å². The highest BCUT2D eigenvalue weighted by atomic mass is 79.9. The molecule has 3 aromatic carbocycles. The largest absolute Gasteiger partial charge is 0.507 e. The van der Waals surface area contributed by atoms with Gasteiger partial charge < -0.3 is 9.84 Å². The third-order valence-corrected chi connectivity index (χ3v) is 8.59. The van der Waals surface area contributed by atoms with E-state index in [9.17, 15) is 14.7 Å². The van der Waals surface area contributed by atoms with Crippen LogP contribution in [0.1, 0.15) is 22.7 Å². The van der Waals surface area contributed by atoms with E-state index in [0.29, 0.717) is 33.6 Å². The molecule has 1 aliphatic rings. The van der Waals surface area contributed by atoms with Crippen LogP contribution >= 0.6 is 39.0 Å². The highest BCUT2D eigenvalue weighted by molar-refractivity contribution is 9.10. The molecule has 0 saturated carbocycles. The van der Waals surface area contributed by atoms with Gasteiger partial charge in [0.25, 0.3) is 5.78 Å². The number of anilines is 1. The minimum absolute atomic E-state index is 0.0178. The van der Waals surface area contributed by atoms with Gasteiger partial charge in [-0.3, -0.25) is 14.5 Å². The maximum atomic E-state index is 13.4. The van der Waals surface area contributed by atoms with Crippen LogP contribution in [-0.2, 0) is 15.3 Å². The number of thioether (sulfide) groups is 1. The van der Waals surface area contributed by atoms with E-state index in [-0.39, 0.29) is 16.5 Å². The number of ketones is 1. The summed E-state index contributed by atoms with van der Waals surface area (Å²) in [6.45, 7) is 4.00. The van der Waals surface area contributed by atoms with Crippen LogP contribution in [0.4, 0.5) is 5.13 Å². The lowest BCUT2D eigenvalue weighted by Gasteiger charge is -2.22. The Balaban J connectivity index is 1.53.